The number of nitrogens with two attached hydrogens (primary N) is 1. The molecule has 4 rings (SSSR count). The predicted octanol–water partition coefficient (Wildman–Crippen LogP) is 2.43. The number of anilines is 1. The van der Waals surface area contributed by atoms with Crippen LogP contribution in [0.1, 0.15) is 12.5 Å². The topological polar surface area (TPSA) is 146 Å². The van der Waals surface area contributed by atoms with Gasteiger partial charge in [-0.25, -0.2) is 19.5 Å². The molecular weight excluding hydrogens is 421 g/mol. The highest BCUT2D eigenvalue weighted by Crippen LogP contribution is 2.50. The second-order valence-corrected chi connectivity index (χ2v) is 8.62. The van der Waals surface area contributed by atoms with E-state index in [-0.39, 0.29) is 42.7 Å². The van der Waals surface area contributed by atoms with Crippen LogP contribution in [0.4, 0.5) is 5.82 Å². The van der Waals surface area contributed by atoms with Crippen LogP contribution in [0.15, 0.2) is 36.9 Å². The molecular formula is C17H19ClN5O5P. The van der Waals surface area contributed by atoms with Crippen LogP contribution in [0.25, 0.3) is 11.2 Å². The van der Waals surface area contributed by atoms with Crippen LogP contribution in [-0.4, -0.2) is 42.7 Å². The summed E-state index contributed by atoms with van der Waals surface area (Å²) in [6, 6.07) is 5.90. The van der Waals surface area contributed by atoms with Gasteiger partial charge in [-0.2, -0.15) is 0 Å². The maximum absolute atomic E-state index is 12.3. The van der Waals surface area contributed by atoms with E-state index in [0.717, 1.165) is 0 Å². The van der Waals surface area contributed by atoms with E-state index in [9.17, 15) is 14.6 Å². The molecule has 0 radical (unpaired) electrons. The Bertz CT molecular complexity index is 1060. The van der Waals surface area contributed by atoms with Crippen molar-refractivity contribution in [2.45, 2.75) is 12.5 Å². The minimum Gasteiger partial charge on any atom is -0.404 e. The Labute approximate surface area is 170 Å². The third-order valence-electron chi connectivity index (χ3n) is 5.09. The summed E-state index contributed by atoms with van der Waals surface area (Å²) in [5.74, 6) is 0.114. The SMILES string of the molecule is Nc1ncnc2c1ncn2[C@@H]1C[C@H](CO)[C@@H]1COP(=O)(O)Oc1ccc(Cl)cc1. The van der Waals surface area contributed by atoms with E-state index in [1.165, 1.54) is 18.5 Å². The molecule has 29 heavy (non-hydrogen) atoms. The lowest BCUT2D eigenvalue weighted by atomic mass is 9.70. The number of hydrogen-bond acceptors (Lipinski definition) is 8. The number of aromatic nitrogens is 4. The normalized spacial score (nSPS) is 23.5. The Kier molecular flexibility index (Phi) is 5.46. The molecule has 1 unspecified atom stereocenters. The molecule has 154 valence electrons. The number of halogens is 1. The van der Waals surface area contributed by atoms with E-state index in [4.69, 9.17) is 26.4 Å². The number of nitrogens with zero attached hydrogens (tertiary/aromatic N) is 4. The minimum atomic E-state index is -4.35. The van der Waals surface area contributed by atoms with Gasteiger partial charge in [0.25, 0.3) is 0 Å². The number of phosphoric ester groups is 1. The van der Waals surface area contributed by atoms with Gasteiger partial charge in [0.05, 0.1) is 12.9 Å². The molecule has 12 heteroatoms. The Hall–Kier alpha value is -2.23. The van der Waals surface area contributed by atoms with Crippen molar-refractivity contribution in [1.82, 2.24) is 19.5 Å². The first-order valence-corrected chi connectivity index (χ1v) is 10.7. The Morgan fingerprint density at radius 1 is 1.28 bits per heavy atom. The van der Waals surface area contributed by atoms with Crippen molar-refractivity contribution < 1.29 is 23.6 Å². The highest BCUT2D eigenvalue weighted by Gasteiger charge is 2.44. The lowest BCUT2D eigenvalue weighted by Gasteiger charge is -2.44. The molecule has 1 saturated carbocycles. The average molecular weight is 440 g/mol. The first-order valence-electron chi connectivity index (χ1n) is 8.84. The van der Waals surface area contributed by atoms with Crippen LogP contribution >= 0.6 is 19.4 Å². The number of rotatable bonds is 7. The largest absolute Gasteiger partial charge is 0.527 e. The monoisotopic (exact) mass is 439 g/mol. The molecule has 0 amide bonds. The van der Waals surface area contributed by atoms with Gasteiger partial charge >= 0.3 is 7.82 Å². The molecule has 4 atom stereocenters. The van der Waals surface area contributed by atoms with E-state index in [1.807, 2.05) is 4.57 Å². The fourth-order valence-electron chi connectivity index (χ4n) is 3.50. The van der Waals surface area contributed by atoms with Gasteiger partial charge in [-0.1, -0.05) is 11.6 Å². The fraction of sp³-hybridized carbons (Fsp3) is 0.353. The highest BCUT2D eigenvalue weighted by atomic mass is 35.5. The van der Waals surface area contributed by atoms with E-state index < -0.39 is 7.82 Å². The molecule has 0 aliphatic heterocycles. The maximum Gasteiger partial charge on any atom is 0.527 e. The van der Waals surface area contributed by atoms with E-state index in [0.29, 0.717) is 22.6 Å². The second kappa shape index (κ2) is 7.89. The summed E-state index contributed by atoms with van der Waals surface area (Å²) in [5, 5.41) is 10.1. The average Bonchev–Trinajstić information content (AvgIpc) is 3.08. The van der Waals surface area contributed by atoms with Gasteiger partial charge in [0.2, 0.25) is 0 Å². The highest BCUT2D eigenvalue weighted by molar-refractivity contribution is 7.47. The first kappa shape index (κ1) is 20.1. The van der Waals surface area contributed by atoms with Crippen LogP contribution in [0.5, 0.6) is 5.75 Å². The van der Waals surface area contributed by atoms with Crippen LogP contribution in [0.3, 0.4) is 0 Å². The number of nitrogen functional groups attached to an aromatic ring is 1. The van der Waals surface area contributed by atoms with Crippen molar-refractivity contribution in [2.75, 3.05) is 18.9 Å². The molecule has 3 aromatic rings. The van der Waals surface area contributed by atoms with Gasteiger partial charge < -0.3 is 19.9 Å². The molecule has 0 bridgehead atoms. The number of benzene rings is 1. The molecule has 10 nitrogen and oxygen atoms in total. The third-order valence-corrected chi connectivity index (χ3v) is 6.26. The molecule has 4 N–H and O–H groups in total. The standard InChI is InChI=1S/C17H19ClN5O5P/c18-11-1-3-12(4-2-11)28-29(25,26)27-7-13-10(6-24)5-14(13)23-9-22-15-16(19)20-8-21-17(15)23/h1-4,8-10,13-14,24H,5-7H2,(H,25,26)(H2,19,20,21)/t10-,13+,14-/m1/s1. The summed E-state index contributed by atoms with van der Waals surface area (Å²) in [4.78, 5) is 22.4. The van der Waals surface area contributed by atoms with Gasteiger partial charge in [-0.3, -0.25) is 9.42 Å². The van der Waals surface area contributed by atoms with Crippen molar-refractivity contribution in [3.8, 4) is 5.75 Å². The number of phosphoric acid groups is 1. The number of imidazole rings is 1. The maximum atomic E-state index is 12.3. The van der Waals surface area contributed by atoms with Crippen LogP contribution in [-0.2, 0) is 9.09 Å². The molecule has 1 aromatic carbocycles. The van der Waals surface area contributed by atoms with Crippen LogP contribution in [0.2, 0.25) is 5.02 Å². The quantitative estimate of drug-likeness (QED) is 0.472. The van der Waals surface area contributed by atoms with E-state index in [1.54, 1.807) is 18.5 Å². The summed E-state index contributed by atoms with van der Waals surface area (Å²) >= 11 is 5.79. The second-order valence-electron chi connectivity index (χ2n) is 6.80. The zero-order valence-electron chi connectivity index (χ0n) is 15.1. The van der Waals surface area contributed by atoms with Crippen molar-refractivity contribution >= 4 is 36.4 Å². The van der Waals surface area contributed by atoms with Crippen molar-refractivity contribution in [3.05, 3.63) is 41.9 Å². The molecule has 0 saturated heterocycles. The third kappa shape index (κ3) is 4.08. The molecule has 0 spiro atoms. The summed E-state index contributed by atoms with van der Waals surface area (Å²) in [6.45, 7) is -0.153. The van der Waals surface area contributed by atoms with Crippen molar-refractivity contribution in [3.63, 3.8) is 0 Å². The summed E-state index contributed by atoms with van der Waals surface area (Å²) in [7, 11) is -4.35. The molecule has 1 aliphatic rings. The fourth-order valence-corrected chi connectivity index (χ4v) is 4.43. The lowest BCUT2D eigenvalue weighted by Crippen LogP contribution is -2.43. The number of aliphatic hydroxyl groups is 1. The number of hydrogen-bond donors (Lipinski definition) is 3. The molecule has 1 fully saturated rings. The van der Waals surface area contributed by atoms with Gasteiger partial charge in [0.15, 0.2) is 11.5 Å². The zero-order chi connectivity index (χ0) is 20.6. The number of aliphatic hydroxyl groups excluding tert-OH is 1. The smallest absolute Gasteiger partial charge is 0.404 e. The predicted molar refractivity (Wildman–Crippen MR) is 105 cm³/mol. The van der Waals surface area contributed by atoms with Crippen LogP contribution < -0.4 is 10.3 Å². The van der Waals surface area contributed by atoms with Gasteiger partial charge in [0.1, 0.15) is 17.6 Å². The Morgan fingerprint density at radius 3 is 2.76 bits per heavy atom. The summed E-state index contributed by atoms with van der Waals surface area (Å²) in [6.07, 6.45) is 3.60. The minimum absolute atomic E-state index is 0.0674. The van der Waals surface area contributed by atoms with Gasteiger partial charge in [-0.15, -0.1) is 0 Å². The van der Waals surface area contributed by atoms with Gasteiger partial charge in [-0.05, 0) is 36.6 Å². The Balaban J connectivity index is 1.47. The summed E-state index contributed by atoms with van der Waals surface area (Å²) in [5.41, 5.74) is 6.88. The molecule has 2 aromatic heterocycles. The number of fused-ring (bicyclic) bond motifs is 1. The lowest BCUT2D eigenvalue weighted by molar-refractivity contribution is -0.00476. The zero-order valence-corrected chi connectivity index (χ0v) is 16.8. The van der Waals surface area contributed by atoms with E-state index in [2.05, 4.69) is 15.0 Å². The van der Waals surface area contributed by atoms with Gasteiger partial charge in [0, 0.05) is 23.6 Å². The van der Waals surface area contributed by atoms with Crippen molar-refractivity contribution in [2.24, 2.45) is 11.8 Å². The summed E-state index contributed by atoms with van der Waals surface area (Å²) < 4.78 is 24.4. The van der Waals surface area contributed by atoms with Crippen LogP contribution in [0, 0.1) is 11.8 Å². The van der Waals surface area contributed by atoms with E-state index >= 15 is 0 Å². The Morgan fingerprint density at radius 2 is 2.03 bits per heavy atom. The molecule has 1 aliphatic carbocycles. The first-order chi connectivity index (χ1) is 13.9. The van der Waals surface area contributed by atoms with Crippen molar-refractivity contribution in [1.29, 1.82) is 0 Å². The molecule has 2 heterocycles.